The molecular weight excluding hydrogens is 482 g/mol. The van der Waals surface area contributed by atoms with E-state index in [9.17, 15) is 19.8 Å². The lowest BCUT2D eigenvalue weighted by atomic mass is 9.94. The normalized spacial score (nSPS) is 17.1. The number of phenolic OH excluding ortho intramolecular Hbond substituents is 1. The molecule has 0 saturated carbocycles. The summed E-state index contributed by atoms with van der Waals surface area (Å²) in [5.74, 6) is -0.859. The van der Waals surface area contributed by atoms with Crippen LogP contribution in [0.5, 0.6) is 17.2 Å². The number of anilines is 1. The first-order chi connectivity index (χ1) is 17.1. The SMILES string of the molecule is COc1ccc(N2C(=O)C(=O)/C(=C(\O)c3ccc(OC(C)C)c(C)c3)C2c2ccc(O)c(Cl)c2)cc1. The Morgan fingerprint density at radius 3 is 2.31 bits per heavy atom. The average molecular weight is 508 g/mol. The van der Waals surface area contributed by atoms with Crippen LogP contribution in [0.2, 0.25) is 5.02 Å². The van der Waals surface area contributed by atoms with Gasteiger partial charge >= 0.3 is 0 Å². The fourth-order valence-electron chi connectivity index (χ4n) is 4.19. The Balaban J connectivity index is 1.90. The van der Waals surface area contributed by atoms with Crippen molar-refractivity contribution in [3.05, 3.63) is 87.9 Å². The molecule has 4 rings (SSSR count). The summed E-state index contributed by atoms with van der Waals surface area (Å²) in [6.45, 7) is 5.66. The van der Waals surface area contributed by atoms with Crippen LogP contribution in [0.3, 0.4) is 0 Å². The van der Waals surface area contributed by atoms with Gasteiger partial charge < -0.3 is 19.7 Å². The summed E-state index contributed by atoms with van der Waals surface area (Å²) in [5.41, 5.74) is 1.93. The number of aliphatic hydroxyl groups excluding tert-OH is 1. The Morgan fingerprint density at radius 2 is 1.72 bits per heavy atom. The molecule has 2 N–H and O–H groups in total. The molecule has 3 aromatic carbocycles. The summed E-state index contributed by atoms with van der Waals surface area (Å²) >= 11 is 6.17. The number of carbonyl (C=O) groups is 2. The van der Waals surface area contributed by atoms with Crippen molar-refractivity contribution in [2.45, 2.75) is 32.9 Å². The Kier molecular flexibility index (Phi) is 6.95. The van der Waals surface area contributed by atoms with Crippen molar-refractivity contribution in [1.82, 2.24) is 0 Å². The number of hydrogen-bond acceptors (Lipinski definition) is 6. The standard InChI is InChI=1S/C28H26ClNO6/c1-15(2)36-23-12-6-18(13-16(23)3)26(32)24-25(17-5-11-22(31)21(29)14-17)30(28(34)27(24)33)19-7-9-20(35-4)10-8-19/h5-15,25,31-32H,1-4H3/b26-24-. The van der Waals surface area contributed by atoms with Crippen molar-refractivity contribution in [2.24, 2.45) is 0 Å². The zero-order chi connectivity index (χ0) is 26.1. The molecule has 36 heavy (non-hydrogen) atoms. The van der Waals surface area contributed by atoms with Crippen LogP contribution in [0.1, 0.15) is 36.6 Å². The third-order valence-electron chi connectivity index (χ3n) is 5.89. The molecular formula is C28H26ClNO6. The minimum absolute atomic E-state index is 0.0304. The van der Waals surface area contributed by atoms with E-state index in [2.05, 4.69) is 0 Å². The van der Waals surface area contributed by atoms with Gasteiger partial charge in [0, 0.05) is 11.3 Å². The first kappa shape index (κ1) is 25.1. The lowest BCUT2D eigenvalue weighted by Crippen LogP contribution is -2.29. The number of methoxy groups -OCH3 is 1. The highest BCUT2D eigenvalue weighted by atomic mass is 35.5. The van der Waals surface area contributed by atoms with Crippen LogP contribution in [0.4, 0.5) is 5.69 Å². The number of Topliss-reactive ketones (excluding diaryl/α,β-unsaturated/α-hetero) is 1. The molecule has 0 spiro atoms. The quantitative estimate of drug-likeness (QED) is 0.249. The molecule has 1 atom stereocenters. The number of halogens is 1. The molecule has 1 aliphatic heterocycles. The van der Waals surface area contributed by atoms with Crippen LogP contribution in [0.25, 0.3) is 5.76 Å². The molecule has 0 bridgehead atoms. The van der Waals surface area contributed by atoms with Gasteiger partial charge in [0.15, 0.2) is 0 Å². The predicted octanol–water partition coefficient (Wildman–Crippen LogP) is 5.78. The van der Waals surface area contributed by atoms with Crippen LogP contribution < -0.4 is 14.4 Å². The van der Waals surface area contributed by atoms with Crippen molar-refractivity contribution in [1.29, 1.82) is 0 Å². The topological polar surface area (TPSA) is 96.3 Å². The number of carbonyl (C=O) groups excluding carboxylic acids is 2. The van der Waals surface area contributed by atoms with E-state index in [1.807, 2.05) is 20.8 Å². The van der Waals surface area contributed by atoms with Crippen LogP contribution in [-0.2, 0) is 9.59 Å². The van der Waals surface area contributed by atoms with Gasteiger partial charge in [-0.05, 0) is 86.5 Å². The molecule has 186 valence electrons. The van der Waals surface area contributed by atoms with Crippen molar-refractivity contribution < 1.29 is 29.3 Å². The van der Waals surface area contributed by atoms with E-state index >= 15 is 0 Å². The van der Waals surface area contributed by atoms with E-state index < -0.39 is 17.7 Å². The van der Waals surface area contributed by atoms with Gasteiger partial charge in [-0.3, -0.25) is 14.5 Å². The zero-order valence-corrected chi connectivity index (χ0v) is 21.0. The van der Waals surface area contributed by atoms with Crippen molar-refractivity contribution in [3.63, 3.8) is 0 Å². The molecule has 3 aromatic rings. The van der Waals surface area contributed by atoms with Gasteiger partial charge in [0.25, 0.3) is 11.7 Å². The van der Waals surface area contributed by atoms with Crippen LogP contribution in [-0.4, -0.2) is 35.1 Å². The van der Waals surface area contributed by atoms with E-state index in [4.69, 9.17) is 21.1 Å². The smallest absolute Gasteiger partial charge is 0.300 e. The molecule has 0 radical (unpaired) electrons. The Bertz CT molecular complexity index is 1360. The highest BCUT2D eigenvalue weighted by molar-refractivity contribution is 6.51. The van der Waals surface area contributed by atoms with Crippen molar-refractivity contribution in [2.75, 3.05) is 12.0 Å². The summed E-state index contributed by atoms with van der Waals surface area (Å²) in [5, 5.41) is 21.3. The molecule has 1 aliphatic rings. The van der Waals surface area contributed by atoms with E-state index in [1.165, 1.54) is 24.1 Å². The molecule has 1 amide bonds. The maximum Gasteiger partial charge on any atom is 0.300 e. The van der Waals surface area contributed by atoms with Gasteiger partial charge in [0.1, 0.15) is 23.0 Å². The number of aryl methyl sites for hydroxylation is 1. The minimum Gasteiger partial charge on any atom is -0.507 e. The van der Waals surface area contributed by atoms with E-state index in [0.717, 1.165) is 5.56 Å². The van der Waals surface area contributed by atoms with Gasteiger partial charge in [-0.15, -0.1) is 0 Å². The summed E-state index contributed by atoms with van der Waals surface area (Å²) in [7, 11) is 1.53. The molecule has 1 unspecified atom stereocenters. The van der Waals surface area contributed by atoms with Crippen LogP contribution in [0, 0.1) is 6.92 Å². The summed E-state index contributed by atoms with van der Waals surface area (Å²) in [6.07, 6.45) is -0.0304. The van der Waals surface area contributed by atoms with Gasteiger partial charge in [-0.2, -0.15) is 0 Å². The average Bonchev–Trinajstić information content (AvgIpc) is 3.11. The zero-order valence-electron chi connectivity index (χ0n) is 20.3. The number of rotatable bonds is 6. The fourth-order valence-corrected chi connectivity index (χ4v) is 4.38. The molecule has 0 aliphatic carbocycles. The van der Waals surface area contributed by atoms with E-state index in [0.29, 0.717) is 28.3 Å². The second-order valence-electron chi connectivity index (χ2n) is 8.72. The minimum atomic E-state index is -0.983. The number of ether oxygens (including phenoxy) is 2. The Hall–Kier alpha value is -3.97. The molecule has 1 heterocycles. The first-order valence-corrected chi connectivity index (χ1v) is 11.7. The predicted molar refractivity (Wildman–Crippen MR) is 138 cm³/mol. The van der Waals surface area contributed by atoms with Gasteiger partial charge in [0.2, 0.25) is 0 Å². The number of phenols is 1. The Labute approximate surface area is 214 Å². The van der Waals surface area contributed by atoms with Crippen LogP contribution >= 0.6 is 11.6 Å². The highest BCUT2D eigenvalue weighted by Gasteiger charge is 2.47. The summed E-state index contributed by atoms with van der Waals surface area (Å²) in [6, 6.07) is 15.2. The summed E-state index contributed by atoms with van der Waals surface area (Å²) in [4.78, 5) is 27.9. The van der Waals surface area contributed by atoms with Crippen molar-refractivity contribution in [3.8, 4) is 17.2 Å². The maximum atomic E-state index is 13.3. The molecule has 7 nitrogen and oxygen atoms in total. The van der Waals surface area contributed by atoms with E-state index in [-0.39, 0.29) is 28.2 Å². The number of amides is 1. The van der Waals surface area contributed by atoms with Gasteiger partial charge in [-0.25, -0.2) is 0 Å². The van der Waals surface area contributed by atoms with Gasteiger partial charge in [-0.1, -0.05) is 17.7 Å². The number of hydrogen-bond donors (Lipinski definition) is 2. The number of aliphatic hydroxyl groups is 1. The van der Waals surface area contributed by atoms with Gasteiger partial charge in [0.05, 0.1) is 29.9 Å². The molecule has 0 aromatic heterocycles. The van der Waals surface area contributed by atoms with E-state index in [1.54, 1.807) is 48.5 Å². The third kappa shape index (κ3) is 4.62. The fraction of sp³-hybridized carbons (Fsp3) is 0.214. The molecule has 1 fully saturated rings. The van der Waals surface area contributed by atoms with Crippen molar-refractivity contribution >= 4 is 34.7 Å². The van der Waals surface area contributed by atoms with Crippen LogP contribution in [0.15, 0.2) is 66.2 Å². The lowest BCUT2D eigenvalue weighted by molar-refractivity contribution is -0.132. The molecule has 8 heteroatoms. The second kappa shape index (κ2) is 9.95. The Morgan fingerprint density at radius 1 is 1.03 bits per heavy atom. The largest absolute Gasteiger partial charge is 0.507 e. The number of ketones is 1. The number of aromatic hydroxyl groups is 1. The second-order valence-corrected chi connectivity index (χ2v) is 9.13. The summed E-state index contributed by atoms with van der Waals surface area (Å²) < 4.78 is 11.0. The first-order valence-electron chi connectivity index (χ1n) is 11.3. The number of benzene rings is 3. The maximum absolute atomic E-state index is 13.3. The third-order valence-corrected chi connectivity index (χ3v) is 6.20. The molecule has 1 saturated heterocycles. The highest BCUT2D eigenvalue weighted by Crippen LogP contribution is 2.44. The number of nitrogens with zero attached hydrogens (tertiary/aromatic N) is 1. The lowest BCUT2D eigenvalue weighted by Gasteiger charge is -2.26. The monoisotopic (exact) mass is 507 g/mol.